The number of ketones is 1. The van der Waals surface area contributed by atoms with Crippen molar-refractivity contribution in [1.82, 2.24) is 9.55 Å². The first kappa shape index (κ1) is 19.3. The predicted molar refractivity (Wildman–Crippen MR) is 117 cm³/mol. The average molecular weight is 395 g/mol. The molecule has 1 heterocycles. The maximum absolute atomic E-state index is 12.5. The lowest BCUT2D eigenvalue weighted by Gasteiger charge is -2.08. The summed E-state index contributed by atoms with van der Waals surface area (Å²) in [5, 5.41) is 2.88. The molecule has 0 aliphatic heterocycles. The van der Waals surface area contributed by atoms with E-state index in [1.165, 1.54) is 0 Å². The van der Waals surface area contributed by atoms with Gasteiger partial charge in [0, 0.05) is 30.7 Å². The van der Waals surface area contributed by atoms with Gasteiger partial charge in [0.05, 0.1) is 6.42 Å². The second-order valence-corrected chi connectivity index (χ2v) is 7.06. The van der Waals surface area contributed by atoms with Gasteiger partial charge in [0.1, 0.15) is 0 Å². The van der Waals surface area contributed by atoms with E-state index in [0.29, 0.717) is 17.1 Å². The smallest absolute Gasteiger partial charge is 0.228 e. The Hall–Kier alpha value is -3.99. The first-order chi connectivity index (χ1) is 14.6. The van der Waals surface area contributed by atoms with Gasteiger partial charge in [-0.15, -0.1) is 0 Å². The minimum Gasteiger partial charge on any atom is -0.331 e. The highest BCUT2D eigenvalue weighted by atomic mass is 16.1. The van der Waals surface area contributed by atoms with Gasteiger partial charge in [0.15, 0.2) is 5.82 Å². The van der Waals surface area contributed by atoms with Crippen molar-refractivity contribution in [1.29, 1.82) is 0 Å². The Labute approximate surface area is 175 Å². The van der Waals surface area contributed by atoms with E-state index in [4.69, 9.17) is 0 Å². The van der Waals surface area contributed by atoms with Crippen molar-refractivity contribution in [2.24, 2.45) is 7.05 Å². The number of anilines is 1. The van der Waals surface area contributed by atoms with Crippen LogP contribution in [0.1, 0.15) is 21.7 Å². The summed E-state index contributed by atoms with van der Waals surface area (Å²) >= 11 is 0. The first-order valence-corrected chi connectivity index (χ1v) is 9.66. The van der Waals surface area contributed by atoms with Gasteiger partial charge in [0.25, 0.3) is 0 Å². The van der Waals surface area contributed by atoms with Crippen molar-refractivity contribution in [3.63, 3.8) is 0 Å². The zero-order valence-corrected chi connectivity index (χ0v) is 16.6. The minimum atomic E-state index is -0.154. The number of imidazole rings is 1. The van der Waals surface area contributed by atoms with Crippen LogP contribution in [-0.4, -0.2) is 21.2 Å². The number of nitrogens with one attached hydrogen (secondary N) is 1. The maximum Gasteiger partial charge on any atom is 0.228 e. The maximum atomic E-state index is 12.5. The van der Waals surface area contributed by atoms with Crippen LogP contribution in [0.15, 0.2) is 91.3 Å². The number of benzene rings is 3. The molecule has 30 heavy (non-hydrogen) atoms. The van der Waals surface area contributed by atoms with Crippen molar-refractivity contribution in [3.05, 3.63) is 108 Å². The number of hydrogen-bond acceptors (Lipinski definition) is 3. The lowest BCUT2D eigenvalue weighted by atomic mass is 10.0. The van der Waals surface area contributed by atoms with E-state index in [1.807, 2.05) is 42.5 Å². The molecule has 148 valence electrons. The van der Waals surface area contributed by atoms with Crippen LogP contribution < -0.4 is 5.32 Å². The highest BCUT2D eigenvalue weighted by molar-refractivity contribution is 6.07. The molecule has 0 saturated heterocycles. The third kappa shape index (κ3) is 4.36. The third-order valence-electron chi connectivity index (χ3n) is 4.88. The summed E-state index contributed by atoms with van der Waals surface area (Å²) in [6.45, 7) is 0. The molecule has 0 unspecified atom stereocenters. The van der Waals surface area contributed by atoms with E-state index in [1.54, 1.807) is 48.3 Å². The zero-order chi connectivity index (χ0) is 20.9. The van der Waals surface area contributed by atoms with Crippen LogP contribution in [0.3, 0.4) is 0 Å². The summed E-state index contributed by atoms with van der Waals surface area (Å²) in [4.78, 5) is 28.9. The van der Waals surface area contributed by atoms with E-state index in [2.05, 4.69) is 22.4 Å². The highest BCUT2D eigenvalue weighted by Crippen LogP contribution is 2.20. The van der Waals surface area contributed by atoms with Crippen molar-refractivity contribution in [3.8, 4) is 11.1 Å². The lowest BCUT2D eigenvalue weighted by molar-refractivity contribution is -0.115. The van der Waals surface area contributed by atoms with Crippen LogP contribution in [0.25, 0.3) is 11.1 Å². The second-order valence-electron chi connectivity index (χ2n) is 7.06. The SMILES string of the molecule is Cn1ccnc1C(=O)c1ccc(NC(=O)Cc2ccc(-c3ccccc3)cc2)cc1. The second kappa shape index (κ2) is 8.57. The molecule has 1 amide bonds. The fourth-order valence-corrected chi connectivity index (χ4v) is 3.25. The van der Waals surface area contributed by atoms with E-state index >= 15 is 0 Å². The van der Waals surface area contributed by atoms with E-state index in [0.717, 1.165) is 16.7 Å². The van der Waals surface area contributed by atoms with Gasteiger partial charge in [-0.25, -0.2) is 4.98 Å². The fraction of sp³-hybridized carbons (Fsp3) is 0.0800. The molecule has 4 aromatic rings. The first-order valence-electron chi connectivity index (χ1n) is 9.66. The lowest BCUT2D eigenvalue weighted by Crippen LogP contribution is -2.14. The Kier molecular flexibility index (Phi) is 5.52. The molecule has 1 N–H and O–H groups in total. The Bertz CT molecular complexity index is 1160. The van der Waals surface area contributed by atoms with Gasteiger partial charge in [0.2, 0.25) is 11.7 Å². The number of aryl methyl sites for hydroxylation is 1. The molecule has 0 saturated carbocycles. The number of hydrogen-bond donors (Lipinski definition) is 1. The number of carbonyl (C=O) groups excluding carboxylic acids is 2. The molecular formula is C25H21N3O2. The standard InChI is InChI=1S/C25H21N3O2/c1-28-16-15-26-25(28)24(30)21-11-13-22(14-12-21)27-23(29)17-18-7-9-20(10-8-18)19-5-3-2-4-6-19/h2-16H,17H2,1H3,(H,27,29). The van der Waals surface area contributed by atoms with Crippen LogP contribution in [0.2, 0.25) is 0 Å². The molecule has 5 nitrogen and oxygen atoms in total. The largest absolute Gasteiger partial charge is 0.331 e. The van der Waals surface area contributed by atoms with Crippen LogP contribution in [0.4, 0.5) is 5.69 Å². The van der Waals surface area contributed by atoms with E-state index in [9.17, 15) is 9.59 Å². The van der Waals surface area contributed by atoms with Crippen LogP contribution in [0.5, 0.6) is 0 Å². The van der Waals surface area contributed by atoms with Crippen LogP contribution >= 0.6 is 0 Å². The van der Waals surface area contributed by atoms with E-state index in [-0.39, 0.29) is 18.1 Å². The van der Waals surface area contributed by atoms with Crippen LogP contribution in [0, 0.1) is 0 Å². The zero-order valence-electron chi connectivity index (χ0n) is 16.6. The molecule has 0 atom stereocenters. The molecule has 0 radical (unpaired) electrons. The van der Waals surface area contributed by atoms with Gasteiger partial charge >= 0.3 is 0 Å². The van der Waals surface area contributed by atoms with Gasteiger partial charge in [-0.2, -0.15) is 0 Å². The van der Waals surface area contributed by atoms with Crippen molar-refractivity contribution < 1.29 is 9.59 Å². The molecule has 0 aliphatic carbocycles. The average Bonchev–Trinajstić information content (AvgIpc) is 3.21. The van der Waals surface area contributed by atoms with Crippen molar-refractivity contribution >= 4 is 17.4 Å². The normalized spacial score (nSPS) is 10.6. The summed E-state index contributed by atoms with van der Waals surface area (Å²) in [5.74, 6) is 0.121. The van der Waals surface area contributed by atoms with Gasteiger partial charge in [-0.05, 0) is 41.0 Å². The monoisotopic (exact) mass is 395 g/mol. The molecule has 3 aromatic carbocycles. The molecule has 5 heteroatoms. The molecule has 0 fully saturated rings. The molecule has 0 spiro atoms. The number of rotatable bonds is 6. The summed E-state index contributed by atoms with van der Waals surface area (Å²) in [6, 6.07) is 25.0. The van der Waals surface area contributed by atoms with Gasteiger partial charge in [-0.1, -0.05) is 54.6 Å². The van der Waals surface area contributed by atoms with Gasteiger partial charge in [-0.3, -0.25) is 9.59 Å². The van der Waals surface area contributed by atoms with Crippen molar-refractivity contribution in [2.75, 3.05) is 5.32 Å². The molecule has 0 aliphatic rings. The van der Waals surface area contributed by atoms with E-state index < -0.39 is 0 Å². The Morgan fingerprint density at radius 2 is 1.53 bits per heavy atom. The number of carbonyl (C=O) groups is 2. The van der Waals surface area contributed by atoms with Gasteiger partial charge < -0.3 is 9.88 Å². The number of amides is 1. The summed E-state index contributed by atoms with van der Waals surface area (Å²) in [7, 11) is 1.78. The topological polar surface area (TPSA) is 64.0 Å². The van der Waals surface area contributed by atoms with Crippen LogP contribution in [-0.2, 0) is 18.3 Å². The Morgan fingerprint density at radius 3 is 2.17 bits per heavy atom. The summed E-state index contributed by atoms with van der Waals surface area (Å²) < 4.78 is 1.68. The number of nitrogens with zero attached hydrogens (tertiary/aromatic N) is 2. The summed E-state index contributed by atoms with van der Waals surface area (Å²) in [6.07, 6.45) is 3.60. The quantitative estimate of drug-likeness (QED) is 0.489. The Balaban J connectivity index is 1.37. The predicted octanol–water partition coefficient (Wildman–Crippen LogP) is 4.50. The summed E-state index contributed by atoms with van der Waals surface area (Å²) in [5.41, 5.74) is 4.38. The molecule has 0 bridgehead atoms. The minimum absolute atomic E-state index is 0.106. The highest BCUT2D eigenvalue weighted by Gasteiger charge is 2.13. The molecule has 1 aromatic heterocycles. The molecular weight excluding hydrogens is 374 g/mol. The third-order valence-corrected chi connectivity index (χ3v) is 4.88. The molecule has 4 rings (SSSR count). The fourth-order valence-electron chi connectivity index (χ4n) is 3.25. The van der Waals surface area contributed by atoms with Crippen molar-refractivity contribution in [2.45, 2.75) is 6.42 Å². The Morgan fingerprint density at radius 1 is 0.867 bits per heavy atom. The number of aromatic nitrogens is 2.